The van der Waals surface area contributed by atoms with E-state index in [1.54, 1.807) is 18.2 Å². The molecule has 5 heteroatoms. The van der Waals surface area contributed by atoms with Gasteiger partial charge in [0.2, 0.25) is 5.91 Å². The van der Waals surface area contributed by atoms with Gasteiger partial charge in [-0.25, -0.2) is 0 Å². The van der Waals surface area contributed by atoms with Gasteiger partial charge in [-0.05, 0) is 24.6 Å². The van der Waals surface area contributed by atoms with Gasteiger partial charge in [-0.15, -0.1) is 0 Å². The second-order valence-electron chi connectivity index (χ2n) is 3.69. The molecule has 0 saturated heterocycles. The second kappa shape index (κ2) is 5.99. The number of nitrogens with one attached hydrogen (secondary N) is 1. The van der Waals surface area contributed by atoms with E-state index in [0.29, 0.717) is 11.3 Å². The number of aryl methyl sites for hydroxylation is 1. The molecule has 1 unspecified atom stereocenters. The van der Waals surface area contributed by atoms with Crippen molar-refractivity contribution in [1.29, 1.82) is 5.26 Å². The molecule has 1 rings (SSSR count). The maximum atomic E-state index is 11.7. The molecule has 5 nitrogen and oxygen atoms in total. The highest BCUT2D eigenvalue weighted by molar-refractivity contribution is 5.95. The van der Waals surface area contributed by atoms with Crippen molar-refractivity contribution in [3.05, 3.63) is 29.3 Å². The van der Waals surface area contributed by atoms with Gasteiger partial charge in [-0.2, -0.15) is 5.26 Å². The Morgan fingerprint density at radius 2 is 2.35 bits per heavy atom. The fourth-order valence-corrected chi connectivity index (χ4v) is 1.31. The number of rotatable bonds is 4. The van der Waals surface area contributed by atoms with Crippen molar-refractivity contribution in [3.63, 3.8) is 0 Å². The van der Waals surface area contributed by atoms with Crippen molar-refractivity contribution in [2.24, 2.45) is 5.73 Å². The van der Waals surface area contributed by atoms with E-state index in [2.05, 4.69) is 5.32 Å². The molecule has 0 aliphatic rings. The minimum atomic E-state index is -0.717. The number of nitrogens with zero attached hydrogens (tertiary/aromatic N) is 1. The third-order valence-corrected chi connectivity index (χ3v) is 2.31. The SMILES string of the molecule is COCC(N)C(=O)Nc1cc(C#N)ccc1C. The fraction of sp³-hybridized carbons (Fsp3) is 0.333. The van der Waals surface area contributed by atoms with Crippen LogP contribution in [0.25, 0.3) is 0 Å². The van der Waals surface area contributed by atoms with E-state index in [1.165, 1.54) is 7.11 Å². The quantitative estimate of drug-likeness (QED) is 0.804. The highest BCUT2D eigenvalue weighted by atomic mass is 16.5. The number of hydrogen-bond acceptors (Lipinski definition) is 4. The van der Waals surface area contributed by atoms with Gasteiger partial charge in [0.05, 0.1) is 18.2 Å². The summed E-state index contributed by atoms with van der Waals surface area (Å²) in [5, 5.41) is 11.4. The molecule has 0 radical (unpaired) electrons. The summed E-state index contributed by atoms with van der Waals surface area (Å²) in [7, 11) is 1.48. The monoisotopic (exact) mass is 233 g/mol. The van der Waals surface area contributed by atoms with E-state index < -0.39 is 6.04 Å². The van der Waals surface area contributed by atoms with Crippen LogP contribution in [0, 0.1) is 18.3 Å². The first-order valence-corrected chi connectivity index (χ1v) is 5.14. The Morgan fingerprint density at radius 3 is 2.94 bits per heavy atom. The van der Waals surface area contributed by atoms with Gasteiger partial charge in [0.1, 0.15) is 6.04 Å². The number of ether oxygens (including phenoxy) is 1. The molecular formula is C12H15N3O2. The van der Waals surface area contributed by atoms with E-state index in [1.807, 2.05) is 13.0 Å². The predicted molar refractivity (Wildman–Crippen MR) is 64.4 cm³/mol. The smallest absolute Gasteiger partial charge is 0.243 e. The summed E-state index contributed by atoms with van der Waals surface area (Å²) in [4.78, 5) is 11.7. The predicted octanol–water partition coefficient (Wildman–Crippen LogP) is 0.779. The number of hydrogen-bond donors (Lipinski definition) is 2. The molecule has 1 atom stereocenters. The van der Waals surface area contributed by atoms with Crippen molar-refractivity contribution < 1.29 is 9.53 Å². The maximum absolute atomic E-state index is 11.7. The lowest BCUT2D eigenvalue weighted by atomic mass is 10.1. The summed E-state index contributed by atoms with van der Waals surface area (Å²) in [6.07, 6.45) is 0. The van der Waals surface area contributed by atoms with Crippen molar-refractivity contribution in [2.75, 3.05) is 19.0 Å². The van der Waals surface area contributed by atoms with Gasteiger partial charge in [-0.3, -0.25) is 4.79 Å². The summed E-state index contributed by atoms with van der Waals surface area (Å²) in [6, 6.07) is 6.38. The molecule has 0 aliphatic heterocycles. The van der Waals surface area contributed by atoms with Crippen molar-refractivity contribution in [2.45, 2.75) is 13.0 Å². The van der Waals surface area contributed by atoms with Gasteiger partial charge in [-0.1, -0.05) is 6.07 Å². The zero-order chi connectivity index (χ0) is 12.8. The second-order valence-corrected chi connectivity index (χ2v) is 3.69. The van der Waals surface area contributed by atoms with Crippen molar-refractivity contribution in [3.8, 4) is 6.07 Å². The summed E-state index contributed by atoms with van der Waals surface area (Å²) in [6.45, 7) is 2.00. The molecule has 1 aromatic carbocycles. The Kier molecular flexibility index (Phi) is 4.64. The zero-order valence-corrected chi connectivity index (χ0v) is 9.86. The molecule has 1 aromatic rings. The molecule has 0 heterocycles. The first-order chi connectivity index (χ1) is 8.08. The van der Waals surface area contributed by atoms with E-state index >= 15 is 0 Å². The number of anilines is 1. The molecule has 17 heavy (non-hydrogen) atoms. The van der Waals surface area contributed by atoms with Crippen LogP contribution < -0.4 is 11.1 Å². The van der Waals surface area contributed by atoms with E-state index in [4.69, 9.17) is 15.7 Å². The number of carbonyl (C=O) groups excluding carboxylic acids is 1. The molecule has 0 spiro atoms. The molecular weight excluding hydrogens is 218 g/mol. The average Bonchev–Trinajstić information content (AvgIpc) is 2.32. The standard InChI is InChI=1S/C12H15N3O2/c1-8-3-4-9(6-13)5-11(8)15-12(16)10(14)7-17-2/h3-5,10H,7,14H2,1-2H3,(H,15,16). The lowest BCUT2D eigenvalue weighted by Gasteiger charge is -2.13. The minimum Gasteiger partial charge on any atom is -0.383 e. The normalized spacial score (nSPS) is 11.6. The molecule has 0 saturated carbocycles. The van der Waals surface area contributed by atoms with Gasteiger partial charge in [0.15, 0.2) is 0 Å². The van der Waals surface area contributed by atoms with Gasteiger partial charge in [0, 0.05) is 12.8 Å². The first kappa shape index (κ1) is 13.2. The van der Waals surface area contributed by atoms with Gasteiger partial charge >= 0.3 is 0 Å². The van der Waals surface area contributed by atoms with Crippen LogP contribution in [0.15, 0.2) is 18.2 Å². The summed E-state index contributed by atoms with van der Waals surface area (Å²) in [5.74, 6) is -0.329. The third-order valence-electron chi connectivity index (χ3n) is 2.31. The molecule has 0 aliphatic carbocycles. The first-order valence-electron chi connectivity index (χ1n) is 5.14. The van der Waals surface area contributed by atoms with Crippen LogP contribution >= 0.6 is 0 Å². The Hall–Kier alpha value is -1.90. The Morgan fingerprint density at radius 1 is 1.65 bits per heavy atom. The fourth-order valence-electron chi connectivity index (χ4n) is 1.31. The largest absolute Gasteiger partial charge is 0.383 e. The van der Waals surface area contributed by atoms with Crippen LogP contribution in [0.2, 0.25) is 0 Å². The minimum absolute atomic E-state index is 0.156. The van der Waals surface area contributed by atoms with Gasteiger partial charge < -0.3 is 15.8 Å². The zero-order valence-electron chi connectivity index (χ0n) is 9.86. The topological polar surface area (TPSA) is 88.1 Å². The van der Waals surface area contributed by atoms with Crippen molar-refractivity contribution >= 4 is 11.6 Å². The molecule has 3 N–H and O–H groups in total. The molecule has 0 aromatic heterocycles. The summed E-state index contributed by atoms with van der Waals surface area (Å²) >= 11 is 0. The van der Waals surface area contributed by atoms with Gasteiger partial charge in [0.25, 0.3) is 0 Å². The number of carbonyl (C=O) groups is 1. The van der Waals surface area contributed by atoms with Crippen LogP contribution in [0.5, 0.6) is 0 Å². The number of nitriles is 1. The molecule has 0 bridgehead atoms. The van der Waals surface area contributed by atoms with Crippen LogP contribution in [0.3, 0.4) is 0 Å². The number of nitrogens with two attached hydrogens (primary N) is 1. The van der Waals surface area contributed by atoms with Crippen LogP contribution in [-0.4, -0.2) is 25.7 Å². The van der Waals surface area contributed by atoms with Crippen LogP contribution in [0.1, 0.15) is 11.1 Å². The number of methoxy groups -OCH3 is 1. The molecule has 1 amide bonds. The number of amides is 1. The number of benzene rings is 1. The van der Waals surface area contributed by atoms with E-state index in [9.17, 15) is 4.79 Å². The molecule has 0 fully saturated rings. The summed E-state index contributed by atoms with van der Waals surface area (Å²) in [5.41, 5.74) is 7.56. The third kappa shape index (κ3) is 3.55. The van der Waals surface area contributed by atoms with Crippen molar-refractivity contribution in [1.82, 2.24) is 0 Å². The van der Waals surface area contributed by atoms with Crippen LogP contribution in [-0.2, 0) is 9.53 Å². The van der Waals surface area contributed by atoms with E-state index in [-0.39, 0.29) is 12.5 Å². The Balaban J connectivity index is 2.81. The lowest BCUT2D eigenvalue weighted by Crippen LogP contribution is -2.39. The maximum Gasteiger partial charge on any atom is 0.243 e. The lowest BCUT2D eigenvalue weighted by molar-refractivity contribution is -0.118. The average molecular weight is 233 g/mol. The Bertz CT molecular complexity index is 452. The van der Waals surface area contributed by atoms with Crippen LogP contribution in [0.4, 0.5) is 5.69 Å². The molecule has 90 valence electrons. The Labute approximate surface area is 100 Å². The van der Waals surface area contributed by atoms with E-state index in [0.717, 1.165) is 5.56 Å². The highest BCUT2D eigenvalue weighted by Crippen LogP contribution is 2.16. The highest BCUT2D eigenvalue weighted by Gasteiger charge is 2.14. The summed E-state index contributed by atoms with van der Waals surface area (Å²) < 4.78 is 4.80.